The topological polar surface area (TPSA) is 88.7 Å². The molecule has 23 heavy (non-hydrogen) atoms. The summed E-state index contributed by atoms with van der Waals surface area (Å²) in [6.45, 7) is 1.92. The lowest BCUT2D eigenvalue weighted by Gasteiger charge is -2.21. The second-order valence-electron chi connectivity index (χ2n) is 5.39. The second kappa shape index (κ2) is 8.38. The highest BCUT2D eigenvalue weighted by molar-refractivity contribution is 5.95. The third kappa shape index (κ3) is 4.85. The van der Waals surface area contributed by atoms with Crippen LogP contribution in [0.3, 0.4) is 0 Å². The van der Waals surface area contributed by atoms with Crippen molar-refractivity contribution in [3.63, 3.8) is 0 Å². The van der Waals surface area contributed by atoms with Gasteiger partial charge in [-0.2, -0.15) is 0 Å². The van der Waals surface area contributed by atoms with Crippen LogP contribution in [0.5, 0.6) is 11.5 Å². The third-order valence-corrected chi connectivity index (χ3v) is 3.85. The van der Waals surface area contributed by atoms with Crippen molar-refractivity contribution in [2.45, 2.75) is 19.4 Å². The number of carbonyl (C=O) groups is 2. The molecule has 0 spiro atoms. The molecule has 1 heterocycles. The standard InChI is InChI=1S/C16H23N3O4/c1-22-13-4-3-11(9-14(13)23-2)10-18-16(21)19-15(20)12-5-7-17-8-6-12/h3-4,9,12,17H,5-8,10H2,1-2H3,(H2,18,19,20,21). The molecule has 3 N–H and O–H groups in total. The van der Waals surface area contributed by atoms with Gasteiger partial charge in [0.2, 0.25) is 5.91 Å². The van der Waals surface area contributed by atoms with Crippen LogP contribution in [-0.2, 0) is 11.3 Å². The van der Waals surface area contributed by atoms with E-state index in [-0.39, 0.29) is 11.8 Å². The summed E-state index contributed by atoms with van der Waals surface area (Å²) in [5.41, 5.74) is 0.854. The van der Waals surface area contributed by atoms with Gasteiger partial charge in [0.15, 0.2) is 11.5 Å². The number of urea groups is 1. The van der Waals surface area contributed by atoms with Gasteiger partial charge in [-0.15, -0.1) is 0 Å². The SMILES string of the molecule is COc1ccc(CNC(=O)NC(=O)C2CCNCC2)cc1OC. The monoisotopic (exact) mass is 321 g/mol. The Labute approximate surface area is 135 Å². The van der Waals surface area contributed by atoms with E-state index in [1.807, 2.05) is 6.07 Å². The van der Waals surface area contributed by atoms with Crippen LogP contribution >= 0.6 is 0 Å². The van der Waals surface area contributed by atoms with E-state index in [2.05, 4.69) is 16.0 Å². The Morgan fingerprint density at radius 2 is 1.87 bits per heavy atom. The third-order valence-electron chi connectivity index (χ3n) is 3.85. The van der Waals surface area contributed by atoms with Crippen LogP contribution in [0.2, 0.25) is 0 Å². The Morgan fingerprint density at radius 3 is 2.52 bits per heavy atom. The van der Waals surface area contributed by atoms with Crippen LogP contribution in [0, 0.1) is 5.92 Å². The van der Waals surface area contributed by atoms with Gasteiger partial charge in [-0.05, 0) is 43.6 Å². The van der Waals surface area contributed by atoms with Gasteiger partial charge in [0.1, 0.15) is 0 Å². The molecule has 0 saturated carbocycles. The van der Waals surface area contributed by atoms with Gasteiger partial charge in [0.25, 0.3) is 0 Å². The van der Waals surface area contributed by atoms with Crippen LogP contribution in [0.1, 0.15) is 18.4 Å². The van der Waals surface area contributed by atoms with E-state index in [0.717, 1.165) is 31.5 Å². The molecule has 0 atom stereocenters. The Bertz CT molecular complexity index is 556. The van der Waals surface area contributed by atoms with E-state index in [4.69, 9.17) is 9.47 Å². The van der Waals surface area contributed by atoms with Crippen LogP contribution in [0.4, 0.5) is 4.79 Å². The molecular formula is C16H23N3O4. The molecule has 0 aromatic heterocycles. The molecule has 126 valence electrons. The number of ether oxygens (including phenoxy) is 2. The fraction of sp³-hybridized carbons (Fsp3) is 0.500. The Morgan fingerprint density at radius 1 is 1.17 bits per heavy atom. The predicted octanol–water partition coefficient (Wildman–Crippen LogP) is 1.03. The Kier molecular flexibility index (Phi) is 6.22. The van der Waals surface area contributed by atoms with Crippen LogP contribution < -0.4 is 25.4 Å². The molecule has 1 aliphatic heterocycles. The van der Waals surface area contributed by atoms with E-state index in [9.17, 15) is 9.59 Å². The summed E-state index contributed by atoms with van der Waals surface area (Å²) in [5, 5.41) is 8.26. The van der Waals surface area contributed by atoms with Crippen LogP contribution in [0.15, 0.2) is 18.2 Å². The Balaban J connectivity index is 1.83. The highest BCUT2D eigenvalue weighted by Gasteiger charge is 2.22. The average molecular weight is 321 g/mol. The predicted molar refractivity (Wildman–Crippen MR) is 85.5 cm³/mol. The van der Waals surface area contributed by atoms with Gasteiger partial charge in [-0.25, -0.2) is 4.79 Å². The lowest BCUT2D eigenvalue weighted by Crippen LogP contribution is -2.44. The molecule has 0 radical (unpaired) electrons. The van der Waals surface area contributed by atoms with Crippen molar-refractivity contribution in [1.82, 2.24) is 16.0 Å². The molecule has 1 fully saturated rings. The summed E-state index contributed by atoms with van der Waals surface area (Å²) in [7, 11) is 3.12. The molecule has 1 aliphatic rings. The number of piperidine rings is 1. The van der Waals surface area contributed by atoms with Crippen molar-refractivity contribution in [3.8, 4) is 11.5 Å². The normalized spacial score (nSPS) is 14.9. The number of benzene rings is 1. The van der Waals surface area contributed by atoms with Gasteiger partial charge in [0, 0.05) is 12.5 Å². The van der Waals surface area contributed by atoms with Gasteiger partial charge < -0.3 is 20.1 Å². The minimum atomic E-state index is -0.483. The summed E-state index contributed by atoms with van der Waals surface area (Å²) in [6.07, 6.45) is 1.52. The summed E-state index contributed by atoms with van der Waals surface area (Å²) in [5.74, 6) is 0.916. The quantitative estimate of drug-likeness (QED) is 0.754. The number of hydrogen-bond acceptors (Lipinski definition) is 5. The minimum Gasteiger partial charge on any atom is -0.493 e. The van der Waals surface area contributed by atoms with Crippen molar-refractivity contribution in [3.05, 3.63) is 23.8 Å². The highest BCUT2D eigenvalue weighted by Crippen LogP contribution is 2.27. The fourth-order valence-corrected chi connectivity index (χ4v) is 2.52. The number of methoxy groups -OCH3 is 2. The van der Waals surface area contributed by atoms with E-state index >= 15 is 0 Å². The molecule has 3 amide bonds. The van der Waals surface area contributed by atoms with Crippen molar-refractivity contribution >= 4 is 11.9 Å². The molecule has 0 aliphatic carbocycles. The van der Waals surface area contributed by atoms with Crippen LogP contribution in [-0.4, -0.2) is 39.2 Å². The molecule has 7 heteroatoms. The first-order valence-corrected chi connectivity index (χ1v) is 7.64. The van der Waals surface area contributed by atoms with Crippen molar-refractivity contribution < 1.29 is 19.1 Å². The number of nitrogens with one attached hydrogen (secondary N) is 3. The maximum Gasteiger partial charge on any atom is 0.321 e. The average Bonchev–Trinajstić information content (AvgIpc) is 2.60. The molecule has 2 rings (SSSR count). The summed E-state index contributed by atoms with van der Waals surface area (Å²) in [6, 6.07) is 4.90. The van der Waals surface area contributed by atoms with E-state index in [1.54, 1.807) is 26.4 Å². The molecule has 7 nitrogen and oxygen atoms in total. The number of hydrogen-bond donors (Lipinski definition) is 3. The molecule has 1 aromatic rings. The maximum atomic E-state index is 12.0. The fourth-order valence-electron chi connectivity index (χ4n) is 2.52. The van der Waals surface area contributed by atoms with Crippen LogP contribution in [0.25, 0.3) is 0 Å². The van der Waals surface area contributed by atoms with Gasteiger partial charge in [0.05, 0.1) is 14.2 Å². The minimum absolute atomic E-state index is 0.0944. The molecule has 1 aromatic carbocycles. The van der Waals surface area contributed by atoms with Gasteiger partial charge in [-0.3, -0.25) is 10.1 Å². The first-order valence-electron chi connectivity index (χ1n) is 7.64. The molecule has 0 unspecified atom stereocenters. The number of rotatable bonds is 5. The highest BCUT2D eigenvalue weighted by atomic mass is 16.5. The zero-order valence-electron chi connectivity index (χ0n) is 13.5. The first-order chi connectivity index (χ1) is 11.1. The van der Waals surface area contributed by atoms with Crippen molar-refractivity contribution in [2.75, 3.05) is 27.3 Å². The van der Waals surface area contributed by atoms with E-state index in [1.165, 1.54) is 0 Å². The largest absolute Gasteiger partial charge is 0.493 e. The second-order valence-corrected chi connectivity index (χ2v) is 5.39. The van der Waals surface area contributed by atoms with Crippen molar-refractivity contribution in [1.29, 1.82) is 0 Å². The molecular weight excluding hydrogens is 298 g/mol. The van der Waals surface area contributed by atoms with Gasteiger partial charge in [-0.1, -0.05) is 6.07 Å². The summed E-state index contributed by atoms with van der Waals surface area (Å²) >= 11 is 0. The first kappa shape index (κ1) is 17.1. The lowest BCUT2D eigenvalue weighted by molar-refractivity contribution is -0.124. The number of imide groups is 1. The maximum absolute atomic E-state index is 12.0. The Hall–Kier alpha value is -2.28. The summed E-state index contributed by atoms with van der Waals surface area (Å²) in [4.78, 5) is 23.8. The summed E-state index contributed by atoms with van der Waals surface area (Å²) < 4.78 is 10.4. The van der Waals surface area contributed by atoms with Gasteiger partial charge >= 0.3 is 6.03 Å². The zero-order valence-corrected chi connectivity index (χ0v) is 13.5. The zero-order chi connectivity index (χ0) is 16.7. The van der Waals surface area contributed by atoms with E-state index < -0.39 is 6.03 Å². The molecule has 0 bridgehead atoms. The van der Waals surface area contributed by atoms with E-state index in [0.29, 0.717) is 18.0 Å². The number of amides is 3. The number of carbonyl (C=O) groups excluding carboxylic acids is 2. The smallest absolute Gasteiger partial charge is 0.321 e. The van der Waals surface area contributed by atoms with Crippen molar-refractivity contribution in [2.24, 2.45) is 5.92 Å². The lowest BCUT2D eigenvalue weighted by atomic mass is 9.97. The molecule has 1 saturated heterocycles.